The average molecular weight is 353 g/mol. The Kier molecular flexibility index (Phi) is 4.93. The molecule has 0 saturated carbocycles. The molecule has 3 aromatic rings. The van der Waals surface area contributed by atoms with Crippen molar-refractivity contribution in [3.05, 3.63) is 83.1 Å². The maximum Gasteiger partial charge on any atom is 0.256 e. The molecule has 0 bridgehead atoms. The van der Waals surface area contributed by atoms with Crippen LogP contribution in [-0.2, 0) is 0 Å². The van der Waals surface area contributed by atoms with E-state index in [2.05, 4.69) is 15.6 Å². The molecule has 0 atom stereocenters. The topological polar surface area (TPSA) is 54.0 Å². The third-order valence-electron chi connectivity index (χ3n) is 3.87. The van der Waals surface area contributed by atoms with Crippen LogP contribution in [0.25, 0.3) is 0 Å². The summed E-state index contributed by atoms with van der Waals surface area (Å²) in [5, 5.41) is 5.40. The van der Waals surface area contributed by atoms with Crippen LogP contribution in [0, 0.1) is 25.5 Å². The Morgan fingerprint density at radius 2 is 1.73 bits per heavy atom. The van der Waals surface area contributed by atoms with Crippen molar-refractivity contribution < 1.29 is 13.6 Å². The van der Waals surface area contributed by atoms with Gasteiger partial charge in [0.1, 0.15) is 23.1 Å². The van der Waals surface area contributed by atoms with E-state index in [9.17, 15) is 13.6 Å². The van der Waals surface area contributed by atoms with Gasteiger partial charge in [0.15, 0.2) is 0 Å². The lowest BCUT2D eigenvalue weighted by Gasteiger charge is -2.11. The third-order valence-corrected chi connectivity index (χ3v) is 3.87. The minimum atomic E-state index is -0.832. The van der Waals surface area contributed by atoms with Gasteiger partial charge in [0.2, 0.25) is 0 Å². The van der Waals surface area contributed by atoms with Gasteiger partial charge in [0, 0.05) is 17.4 Å². The molecule has 4 nitrogen and oxygen atoms in total. The van der Waals surface area contributed by atoms with Crippen molar-refractivity contribution in [3.63, 3.8) is 0 Å². The third kappa shape index (κ3) is 3.85. The molecule has 1 aromatic heterocycles. The fraction of sp³-hybridized carbons (Fsp3) is 0.100. The van der Waals surface area contributed by atoms with Crippen LogP contribution in [0.2, 0.25) is 0 Å². The lowest BCUT2D eigenvalue weighted by atomic mass is 10.1. The van der Waals surface area contributed by atoms with Crippen molar-refractivity contribution >= 4 is 23.1 Å². The van der Waals surface area contributed by atoms with Crippen molar-refractivity contribution in [2.45, 2.75) is 13.8 Å². The fourth-order valence-electron chi connectivity index (χ4n) is 2.53. The number of aryl methyl sites for hydroxylation is 2. The number of amides is 1. The van der Waals surface area contributed by atoms with E-state index in [1.165, 1.54) is 24.4 Å². The van der Waals surface area contributed by atoms with Crippen LogP contribution in [0.4, 0.5) is 26.0 Å². The minimum Gasteiger partial charge on any atom is -0.340 e. The van der Waals surface area contributed by atoms with Crippen molar-refractivity contribution in [2.75, 3.05) is 10.6 Å². The van der Waals surface area contributed by atoms with E-state index in [1.807, 2.05) is 32.0 Å². The Bertz CT molecular complexity index is 953. The first-order valence-electron chi connectivity index (χ1n) is 8.00. The second kappa shape index (κ2) is 7.31. The number of hydrogen-bond donors (Lipinski definition) is 2. The molecule has 1 amide bonds. The normalized spacial score (nSPS) is 10.5. The smallest absolute Gasteiger partial charge is 0.256 e. The van der Waals surface area contributed by atoms with Gasteiger partial charge in [-0.05, 0) is 49.7 Å². The van der Waals surface area contributed by atoms with Gasteiger partial charge < -0.3 is 10.6 Å². The second-order valence-corrected chi connectivity index (χ2v) is 5.92. The summed E-state index contributed by atoms with van der Waals surface area (Å²) in [6, 6.07) is 12.3. The molecule has 0 radical (unpaired) electrons. The molecule has 0 saturated heterocycles. The monoisotopic (exact) mass is 353 g/mol. The Labute approximate surface area is 149 Å². The summed E-state index contributed by atoms with van der Waals surface area (Å²) in [7, 11) is 0. The largest absolute Gasteiger partial charge is 0.340 e. The highest BCUT2D eigenvalue weighted by atomic mass is 19.1. The van der Waals surface area contributed by atoms with Crippen LogP contribution >= 0.6 is 0 Å². The maximum atomic E-state index is 13.7. The number of aromatic nitrogens is 1. The molecular weight excluding hydrogens is 336 g/mol. The molecule has 6 heteroatoms. The van der Waals surface area contributed by atoms with Crippen LogP contribution in [0.1, 0.15) is 21.5 Å². The lowest BCUT2D eigenvalue weighted by molar-refractivity contribution is 0.102. The second-order valence-electron chi connectivity index (χ2n) is 5.92. The zero-order chi connectivity index (χ0) is 18.7. The average Bonchev–Trinajstić information content (AvgIpc) is 2.61. The Morgan fingerprint density at radius 3 is 2.42 bits per heavy atom. The number of hydrogen-bond acceptors (Lipinski definition) is 3. The van der Waals surface area contributed by atoms with Gasteiger partial charge in [0.05, 0.1) is 0 Å². The first-order valence-corrected chi connectivity index (χ1v) is 8.00. The van der Waals surface area contributed by atoms with Gasteiger partial charge >= 0.3 is 0 Å². The van der Waals surface area contributed by atoms with Crippen molar-refractivity contribution in [1.29, 1.82) is 0 Å². The molecule has 0 unspecified atom stereocenters. The molecule has 2 N–H and O–H groups in total. The number of nitrogens with one attached hydrogen (secondary N) is 2. The zero-order valence-corrected chi connectivity index (χ0v) is 14.3. The predicted molar refractivity (Wildman–Crippen MR) is 97.7 cm³/mol. The summed E-state index contributed by atoms with van der Waals surface area (Å²) in [5.41, 5.74) is 2.80. The standard InChI is InChI=1S/C20H17F2N3O/c1-12-6-7-17(13(2)10-12)24-18-11-14(8-9-23-18)20(26)25-19-15(21)4-3-5-16(19)22/h3-11H,1-2H3,(H,23,24)(H,25,26). The number of halogens is 2. The zero-order valence-electron chi connectivity index (χ0n) is 14.3. The van der Waals surface area contributed by atoms with Crippen LogP contribution in [-0.4, -0.2) is 10.9 Å². The van der Waals surface area contributed by atoms with E-state index in [0.717, 1.165) is 28.9 Å². The highest BCUT2D eigenvalue weighted by Gasteiger charge is 2.14. The number of para-hydroxylation sites is 1. The molecule has 3 rings (SSSR count). The van der Waals surface area contributed by atoms with Crippen LogP contribution in [0.5, 0.6) is 0 Å². The summed E-state index contributed by atoms with van der Waals surface area (Å²) in [4.78, 5) is 16.5. The molecule has 132 valence electrons. The minimum absolute atomic E-state index is 0.231. The Hall–Kier alpha value is -3.28. The van der Waals surface area contributed by atoms with Crippen molar-refractivity contribution in [3.8, 4) is 0 Å². The Morgan fingerprint density at radius 1 is 1.00 bits per heavy atom. The van der Waals surface area contributed by atoms with E-state index in [-0.39, 0.29) is 5.56 Å². The summed E-state index contributed by atoms with van der Waals surface area (Å²) < 4.78 is 27.4. The van der Waals surface area contributed by atoms with E-state index in [0.29, 0.717) is 5.82 Å². The molecule has 1 heterocycles. The number of carbonyl (C=O) groups excluding carboxylic acids is 1. The molecule has 0 aliphatic heterocycles. The van der Waals surface area contributed by atoms with E-state index < -0.39 is 23.2 Å². The SMILES string of the molecule is Cc1ccc(Nc2cc(C(=O)Nc3c(F)cccc3F)ccn2)c(C)c1. The number of benzene rings is 2. The summed E-state index contributed by atoms with van der Waals surface area (Å²) >= 11 is 0. The van der Waals surface area contributed by atoms with Gasteiger partial charge in [-0.2, -0.15) is 0 Å². The summed E-state index contributed by atoms with van der Waals surface area (Å²) in [6.45, 7) is 3.97. The quantitative estimate of drug-likeness (QED) is 0.696. The van der Waals surface area contributed by atoms with Crippen molar-refractivity contribution in [2.24, 2.45) is 0 Å². The van der Waals surface area contributed by atoms with Gasteiger partial charge in [0.25, 0.3) is 5.91 Å². The first-order chi connectivity index (χ1) is 12.4. The maximum absolute atomic E-state index is 13.7. The number of carbonyl (C=O) groups is 1. The number of anilines is 3. The van der Waals surface area contributed by atoms with Crippen molar-refractivity contribution in [1.82, 2.24) is 4.98 Å². The van der Waals surface area contributed by atoms with E-state index in [4.69, 9.17) is 0 Å². The Balaban J connectivity index is 1.81. The molecule has 0 aliphatic rings. The van der Waals surface area contributed by atoms with Gasteiger partial charge in [-0.15, -0.1) is 0 Å². The van der Waals surface area contributed by atoms with Crippen LogP contribution in [0.15, 0.2) is 54.7 Å². The molecule has 2 aromatic carbocycles. The molecule has 26 heavy (non-hydrogen) atoms. The number of rotatable bonds is 4. The summed E-state index contributed by atoms with van der Waals surface area (Å²) in [6.07, 6.45) is 1.46. The number of nitrogens with zero attached hydrogens (tertiary/aromatic N) is 1. The molecule has 0 fully saturated rings. The van der Waals surface area contributed by atoms with Gasteiger partial charge in [-0.3, -0.25) is 4.79 Å². The first kappa shape index (κ1) is 17.5. The number of pyridine rings is 1. The van der Waals surface area contributed by atoms with Crippen LogP contribution in [0.3, 0.4) is 0 Å². The van der Waals surface area contributed by atoms with Gasteiger partial charge in [-0.25, -0.2) is 13.8 Å². The van der Waals surface area contributed by atoms with Crippen LogP contribution < -0.4 is 10.6 Å². The molecular formula is C20H17F2N3O. The molecule has 0 aliphatic carbocycles. The van der Waals surface area contributed by atoms with E-state index >= 15 is 0 Å². The van der Waals surface area contributed by atoms with E-state index in [1.54, 1.807) is 0 Å². The predicted octanol–water partition coefficient (Wildman–Crippen LogP) is 4.97. The highest BCUT2D eigenvalue weighted by Crippen LogP contribution is 2.22. The summed E-state index contributed by atoms with van der Waals surface area (Å²) in [5.74, 6) is -1.83. The fourth-order valence-corrected chi connectivity index (χ4v) is 2.53. The van der Waals surface area contributed by atoms with Gasteiger partial charge in [-0.1, -0.05) is 23.8 Å². The highest BCUT2D eigenvalue weighted by molar-refractivity contribution is 6.04. The lowest BCUT2D eigenvalue weighted by Crippen LogP contribution is -2.14. The molecule has 0 spiro atoms.